The van der Waals surface area contributed by atoms with Crippen LogP contribution in [-0.2, 0) is 95.7 Å². The fourth-order valence-corrected chi connectivity index (χ4v) is 11.4. The van der Waals surface area contributed by atoms with Crippen LogP contribution in [0.1, 0.15) is 137 Å². The summed E-state index contributed by atoms with van der Waals surface area (Å²) < 4.78 is 46.3. The van der Waals surface area contributed by atoms with Crippen LogP contribution in [0.15, 0.2) is 67.0 Å². The van der Waals surface area contributed by atoms with Gasteiger partial charge >= 0.3 is 35.9 Å². The summed E-state index contributed by atoms with van der Waals surface area (Å²) in [6.45, 7) is 20.1. The third-order valence-electron chi connectivity index (χ3n) is 17.6. The van der Waals surface area contributed by atoms with Gasteiger partial charge in [-0.1, -0.05) is 95.8 Å². The number of carbonyl (C=O) groups excluding carboxylic acids is 9. The number of hydrogen-bond donors (Lipinski definition) is 0. The Hall–Kier alpha value is -7.93. The molecule has 8 atom stereocenters. The summed E-state index contributed by atoms with van der Waals surface area (Å²) in [5, 5.41) is 0. The fraction of sp³-hybridized carbons (Fsp3) is 0.648. The lowest BCUT2D eigenvalue weighted by Gasteiger charge is -2.34. The molecule has 2 aliphatic carbocycles. The quantitative estimate of drug-likeness (QED) is 0.0432. The Morgan fingerprint density at radius 3 is 1.38 bits per heavy atom. The summed E-state index contributed by atoms with van der Waals surface area (Å²) >= 11 is 0. The highest BCUT2D eigenvalue weighted by Gasteiger charge is 2.44. The van der Waals surface area contributed by atoms with E-state index in [1.165, 1.54) is 51.8 Å². The van der Waals surface area contributed by atoms with Crippen LogP contribution in [-0.4, -0.2) is 218 Å². The predicted molar refractivity (Wildman–Crippen MR) is 355 cm³/mol. The van der Waals surface area contributed by atoms with E-state index in [0.29, 0.717) is 81.8 Å². The summed E-state index contributed by atoms with van der Waals surface area (Å²) in [5.74, 6) is -5.25. The Labute approximate surface area is 565 Å². The summed E-state index contributed by atoms with van der Waals surface area (Å²) in [4.78, 5) is 148. The number of amides is 4. The molecule has 2 aliphatic heterocycles. The number of aromatic nitrogens is 2. The molecule has 7 rings (SSSR count). The Morgan fingerprint density at radius 1 is 0.500 bits per heavy atom. The molecule has 528 valence electrons. The fourth-order valence-electron chi connectivity index (χ4n) is 11.4. The number of morpholine rings is 2. The Kier molecular flexibility index (Phi) is 27.8. The van der Waals surface area contributed by atoms with Gasteiger partial charge in [-0.05, 0) is 119 Å². The smallest absolute Gasteiger partial charge is 0.410 e. The zero-order valence-electron chi connectivity index (χ0n) is 58.4. The Morgan fingerprint density at radius 2 is 0.938 bits per heavy atom. The van der Waals surface area contributed by atoms with Gasteiger partial charge in [0.2, 0.25) is 0 Å². The average Bonchev–Trinajstić information content (AvgIpc) is 1.08. The van der Waals surface area contributed by atoms with E-state index in [9.17, 15) is 33.6 Å². The molecule has 0 radical (unpaired) electrons. The summed E-state index contributed by atoms with van der Waals surface area (Å²) in [5.41, 5.74) is 0.934. The van der Waals surface area contributed by atoms with Crippen LogP contribution in [0.5, 0.6) is 0 Å². The lowest BCUT2D eigenvalue weighted by Crippen LogP contribution is -2.53. The van der Waals surface area contributed by atoms with Crippen molar-refractivity contribution in [2.24, 2.45) is 23.7 Å². The molecule has 1 aromatic carbocycles. The highest BCUT2D eigenvalue weighted by molar-refractivity contribution is 5.93. The molecule has 4 heterocycles. The number of nitrogens with zero attached hydrogens (tertiary/aromatic N) is 8. The van der Waals surface area contributed by atoms with Crippen molar-refractivity contribution < 1.29 is 81.0 Å². The van der Waals surface area contributed by atoms with Gasteiger partial charge in [0.1, 0.15) is 48.0 Å². The standard InChI is InChI=1S/C71H102N8O17/c1-45(2)19-26-54(66(84)93-48(6)65(83)91-44-51-17-15-14-16-18-51)74(10)63(81)58(40-52-24-27-60(72-42-52)78-29-33-89-34-30-78)94-68(86)56(38-49-20-21-49)75(11)62(80)47(5)92-67(85)55(37-46(3)4)76(12)64(82)59(41-53-25-28-61(73-43-53)79-31-35-90-36-32-79)95-69(87)57(39-50-22-23-50)77(13)70(88)96-71(7,8)9/h14-18,24-25,27-28,42-43,45-50,54-59H,19-23,26,29-41,44H2,1-13H3/t47-,48-,54+,55+,56+,57+,58-,59-/m1/s1. The first kappa shape index (κ1) is 75.5. The van der Waals surface area contributed by atoms with Gasteiger partial charge in [0.25, 0.3) is 17.7 Å². The summed E-state index contributed by atoms with van der Waals surface area (Å²) in [6, 6.07) is 11.2. The normalized spacial score (nSPS) is 17.5. The minimum atomic E-state index is -1.57. The van der Waals surface area contributed by atoms with Crippen molar-refractivity contribution >= 4 is 65.3 Å². The molecule has 0 unspecified atom stereocenters. The van der Waals surface area contributed by atoms with Gasteiger partial charge in [0, 0.05) is 79.6 Å². The molecule has 4 aliphatic rings. The number of likely N-dealkylation sites (N-methyl/N-ethyl adjacent to an activating group) is 4. The first-order chi connectivity index (χ1) is 45.6. The van der Waals surface area contributed by atoms with Crippen molar-refractivity contribution in [1.29, 1.82) is 0 Å². The first-order valence-electron chi connectivity index (χ1n) is 33.9. The van der Waals surface area contributed by atoms with Crippen LogP contribution < -0.4 is 9.80 Å². The lowest BCUT2D eigenvalue weighted by molar-refractivity contribution is -0.175. The van der Waals surface area contributed by atoms with E-state index in [0.717, 1.165) is 41.0 Å². The molecule has 3 aromatic rings. The maximum Gasteiger partial charge on any atom is 0.410 e. The molecule has 4 fully saturated rings. The van der Waals surface area contributed by atoms with Crippen molar-refractivity contribution in [3.63, 3.8) is 0 Å². The number of pyridine rings is 2. The first-order valence-corrected chi connectivity index (χ1v) is 33.9. The minimum Gasteiger partial charge on any atom is -0.458 e. The van der Waals surface area contributed by atoms with E-state index in [1.807, 2.05) is 39.8 Å². The van der Waals surface area contributed by atoms with Crippen molar-refractivity contribution in [1.82, 2.24) is 29.6 Å². The number of esters is 5. The van der Waals surface area contributed by atoms with Gasteiger partial charge < -0.3 is 62.4 Å². The molecule has 96 heavy (non-hydrogen) atoms. The number of carbonyl (C=O) groups is 9. The topological polar surface area (TPSA) is 273 Å². The van der Waals surface area contributed by atoms with Gasteiger partial charge in [-0.15, -0.1) is 0 Å². The van der Waals surface area contributed by atoms with E-state index in [4.69, 9.17) is 37.9 Å². The van der Waals surface area contributed by atoms with E-state index < -0.39 is 108 Å². The molecule has 0 bridgehead atoms. The zero-order valence-corrected chi connectivity index (χ0v) is 58.4. The van der Waals surface area contributed by atoms with Gasteiger partial charge in [-0.2, -0.15) is 0 Å². The van der Waals surface area contributed by atoms with Crippen LogP contribution in [0.25, 0.3) is 0 Å². The van der Waals surface area contributed by atoms with Gasteiger partial charge in [-0.25, -0.2) is 38.7 Å². The number of benzene rings is 1. The molecule has 0 spiro atoms. The van der Waals surface area contributed by atoms with Gasteiger partial charge in [0.15, 0.2) is 24.4 Å². The maximum absolute atomic E-state index is 15.1. The number of hydrogen-bond acceptors (Lipinski definition) is 21. The van der Waals surface area contributed by atoms with E-state index in [2.05, 4.69) is 19.8 Å². The van der Waals surface area contributed by atoms with Crippen LogP contribution in [0.4, 0.5) is 16.4 Å². The second-order valence-corrected chi connectivity index (χ2v) is 27.7. The van der Waals surface area contributed by atoms with Crippen molar-refractivity contribution in [2.75, 3.05) is 90.6 Å². The molecule has 25 nitrogen and oxygen atoms in total. The molecule has 2 aromatic heterocycles. The average molecular weight is 1340 g/mol. The van der Waals surface area contributed by atoms with Gasteiger partial charge in [-0.3, -0.25) is 19.3 Å². The van der Waals surface area contributed by atoms with Crippen LogP contribution >= 0.6 is 0 Å². The summed E-state index contributed by atoms with van der Waals surface area (Å²) in [6.07, 6.45) is 0.431. The third-order valence-corrected chi connectivity index (χ3v) is 17.6. The molecule has 2 saturated heterocycles. The van der Waals surface area contributed by atoms with E-state index in [-0.39, 0.29) is 68.8 Å². The molecule has 4 amide bonds. The Bertz CT molecular complexity index is 3070. The molecular formula is C71H102N8O17. The van der Waals surface area contributed by atoms with E-state index >= 15 is 9.59 Å². The maximum atomic E-state index is 15.1. The largest absolute Gasteiger partial charge is 0.458 e. The second kappa shape index (κ2) is 35.4. The molecule has 25 heteroatoms. The van der Waals surface area contributed by atoms with E-state index in [1.54, 1.807) is 75.6 Å². The van der Waals surface area contributed by atoms with Crippen LogP contribution in [0.3, 0.4) is 0 Å². The van der Waals surface area contributed by atoms with Crippen molar-refractivity contribution in [2.45, 2.75) is 194 Å². The lowest BCUT2D eigenvalue weighted by atomic mass is 10.0. The zero-order chi connectivity index (χ0) is 70.0. The van der Waals surface area contributed by atoms with Crippen molar-refractivity contribution in [3.05, 3.63) is 83.7 Å². The highest BCUT2D eigenvalue weighted by Crippen LogP contribution is 2.37. The van der Waals surface area contributed by atoms with Gasteiger partial charge in [0.05, 0.1) is 26.4 Å². The molecule has 2 saturated carbocycles. The monoisotopic (exact) mass is 1340 g/mol. The Balaban J connectivity index is 1.11. The molecular weight excluding hydrogens is 1240 g/mol. The predicted octanol–water partition coefficient (Wildman–Crippen LogP) is 7.16. The number of ether oxygens (including phenoxy) is 8. The highest BCUT2D eigenvalue weighted by atomic mass is 16.6. The minimum absolute atomic E-state index is 0.0123. The number of anilines is 2. The van der Waals surface area contributed by atoms with Crippen molar-refractivity contribution in [3.8, 4) is 0 Å². The third kappa shape index (κ3) is 22.9. The van der Waals surface area contributed by atoms with Crippen LogP contribution in [0.2, 0.25) is 0 Å². The van der Waals surface area contributed by atoms with Crippen LogP contribution in [0, 0.1) is 23.7 Å². The summed E-state index contributed by atoms with van der Waals surface area (Å²) in [7, 11) is 5.66. The SMILES string of the molecule is CC(C)CC[C@@H](C(=O)O[C@H](C)C(=O)OCc1ccccc1)N(C)C(=O)[C@@H](Cc1ccc(N2CCOCC2)nc1)OC(=O)[C@H](CC1CC1)N(C)C(=O)[C@@H](C)OC(=O)[C@H](CC(C)C)N(C)C(=O)[C@@H](Cc1ccc(N2CCOCC2)nc1)OC(=O)[C@H](CC1CC1)N(C)C(=O)OC(C)(C)C. The second-order valence-electron chi connectivity index (χ2n) is 27.7. The number of rotatable bonds is 33. The molecule has 0 N–H and O–H groups in total.